The van der Waals surface area contributed by atoms with E-state index in [1.807, 2.05) is 37.4 Å². The normalized spacial score (nSPS) is 10.7. The number of nitrogens with zero attached hydrogens (tertiary/aromatic N) is 2. The van der Waals surface area contributed by atoms with Crippen LogP contribution >= 0.6 is 22.6 Å². The van der Waals surface area contributed by atoms with Gasteiger partial charge in [0.25, 0.3) is 5.91 Å². The topological polar surface area (TPSA) is 49.0 Å². The molecule has 0 unspecified atom stereocenters. The van der Waals surface area contributed by atoms with E-state index in [1.54, 1.807) is 17.0 Å². The molecule has 0 saturated heterocycles. The first-order valence-corrected chi connectivity index (χ1v) is 9.42. The molecule has 3 rings (SSSR count). The van der Waals surface area contributed by atoms with Crippen LogP contribution in [0.3, 0.4) is 0 Å². The molecular formula is C20H19FIN3O. The van der Waals surface area contributed by atoms with Crippen molar-refractivity contribution in [3.05, 3.63) is 75.2 Å². The molecule has 0 aliphatic heterocycles. The van der Waals surface area contributed by atoms with Crippen molar-refractivity contribution in [1.82, 2.24) is 15.1 Å². The third-order valence-electron chi connectivity index (χ3n) is 4.13. The Morgan fingerprint density at radius 2 is 1.96 bits per heavy atom. The number of H-pyrrole nitrogens is 1. The summed E-state index contributed by atoms with van der Waals surface area (Å²) in [6.07, 6.45) is 1.62. The second-order valence-corrected chi connectivity index (χ2v) is 7.37. The first-order chi connectivity index (χ1) is 12.5. The molecule has 0 spiro atoms. The number of halogens is 2. The lowest BCUT2D eigenvalue weighted by Gasteiger charge is -2.17. The molecule has 26 heavy (non-hydrogen) atoms. The number of hydrogen-bond donors (Lipinski definition) is 1. The van der Waals surface area contributed by atoms with E-state index in [1.165, 1.54) is 12.1 Å². The first-order valence-electron chi connectivity index (χ1n) is 8.34. The molecule has 1 heterocycles. The predicted octanol–water partition coefficient (Wildman–Crippen LogP) is 4.53. The molecule has 0 bridgehead atoms. The van der Waals surface area contributed by atoms with E-state index >= 15 is 0 Å². The maximum atomic E-state index is 13.0. The van der Waals surface area contributed by atoms with Gasteiger partial charge in [-0.05, 0) is 84.0 Å². The molecule has 0 atom stereocenters. The van der Waals surface area contributed by atoms with Crippen molar-refractivity contribution < 1.29 is 9.18 Å². The molecular weight excluding hydrogens is 444 g/mol. The summed E-state index contributed by atoms with van der Waals surface area (Å²) >= 11 is 2.20. The molecule has 1 aromatic heterocycles. The lowest BCUT2D eigenvalue weighted by molar-refractivity contribution is 0.0793. The number of aryl methyl sites for hydroxylation is 1. The Bertz CT molecular complexity index is 892. The third kappa shape index (κ3) is 4.69. The molecule has 2 aromatic carbocycles. The quantitative estimate of drug-likeness (QED) is 0.547. The van der Waals surface area contributed by atoms with E-state index in [-0.39, 0.29) is 11.7 Å². The fourth-order valence-electron chi connectivity index (χ4n) is 2.71. The summed E-state index contributed by atoms with van der Waals surface area (Å²) in [6.45, 7) is 0.662. The molecule has 3 aromatic rings. The smallest absolute Gasteiger partial charge is 0.253 e. The van der Waals surface area contributed by atoms with E-state index in [9.17, 15) is 9.18 Å². The molecule has 0 aliphatic rings. The second-order valence-electron chi connectivity index (χ2n) is 6.13. The van der Waals surface area contributed by atoms with Crippen LogP contribution in [-0.4, -0.2) is 34.6 Å². The highest BCUT2D eigenvalue weighted by atomic mass is 127. The Labute approximate surface area is 165 Å². The van der Waals surface area contributed by atoms with Crippen LogP contribution in [-0.2, 0) is 6.42 Å². The average molecular weight is 463 g/mol. The van der Waals surface area contributed by atoms with Gasteiger partial charge in [-0.15, -0.1) is 0 Å². The molecule has 4 nitrogen and oxygen atoms in total. The Morgan fingerprint density at radius 1 is 1.19 bits per heavy atom. The third-order valence-corrected chi connectivity index (χ3v) is 4.80. The highest BCUT2D eigenvalue weighted by Crippen LogP contribution is 2.18. The maximum absolute atomic E-state index is 13.0. The predicted molar refractivity (Wildman–Crippen MR) is 108 cm³/mol. The summed E-state index contributed by atoms with van der Waals surface area (Å²) in [5.74, 6) is -0.231. The van der Waals surface area contributed by atoms with Gasteiger partial charge in [0.15, 0.2) is 0 Å². The number of benzene rings is 2. The Hall–Kier alpha value is -2.22. The fourth-order valence-corrected chi connectivity index (χ4v) is 3.25. The van der Waals surface area contributed by atoms with Gasteiger partial charge in [0.1, 0.15) is 5.82 Å². The summed E-state index contributed by atoms with van der Waals surface area (Å²) in [7, 11) is 1.82. The zero-order valence-corrected chi connectivity index (χ0v) is 16.5. The molecule has 6 heteroatoms. The molecule has 1 N–H and O–H groups in total. The van der Waals surface area contributed by atoms with Crippen LogP contribution in [0.1, 0.15) is 22.5 Å². The lowest BCUT2D eigenvalue weighted by Crippen LogP contribution is -2.28. The van der Waals surface area contributed by atoms with Gasteiger partial charge in [-0.1, -0.05) is 6.07 Å². The van der Waals surface area contributed by atoms with Crippen molar-refractivity contribution in [2.75, 3.05) is 13.6 Å². The number of amides is 1. The zero-order chi connectivity index (χ0) is 18.5. The minimum Gasteiger partial charge on any atom is -0.342 e. The standard InChI is InChI=1S/C20H19FIN3O/c1-25(20(26)15-4-2-5-17(22)12-15)11-3-6-18-13-19(24-23-18)14-7-9-16(21)10-8-14/h2,4-5,7-10,12-13H,3,6,11H2,1H3,(H,23,24). The number of carbonyl (C=O) groups excluding carboxylic acids is 1. The van der Waals surface area contributed by atoms with Crippen molar-refractivity contribution in [2.24, 2.45) is 0 Å². The van der Waals surface area contributed by atoms with Crippen LogP contribution in [0.4, 0.5) is 4.39 Å². The lowest BCUT2D eigenvalue weighted by atomic mass is 10.1. The summed E-state index contributed by atoms with van der Waals surface area (Å²) in [6, 6.07) is 15.8. The van der Waals surface area contributed by atoms with Gasteiger partial charge in [0.05, 0.1) is 5.69 Å². The van der Waals surface area contributed by atoms with Crippen LogP contribution in [0.15, 0.2) is 54.6 Å². The van der Waals surface area contributed by atoms with Gasteiger partial charge in [-0.25, -0.2) is 4.39 Å². The number of hydrogen-bond acceptors (Lipinski definition) is 2. The van der Waals surface area contributed by atoms with Crippen molar-refractivity contribution >= 4 is 28.5 Å². The second kappa shape index (κ2) is 8.44. The Morgan fingerprint density at radius 3 is 2.69 bits per heavy atom. The molecule has 1 amide bonds. The molecule has 0 radical (unpaired) electrons. The number of aromatic nitrogens is 2. The SMILES string of the molecule is CN(CCCc1cc(-c2ccc(F)cc2)n[nH]1)C(=O)c1cccc(I)c1. The van der Waals surface area contributed by atoms with Crippen LogP contribution in [0.25, 0.3) is 11.3 Å². The zero-order valence-electron chi connectivity index (χ0n) is 14.4. The van der Waals surface area contributed by atoms with Crippen LogP contribution < -0.4 is 0 Å². The van der Waals surface area contributed by atoms with E-state index in [0.717, 1.165) is 33.4 Å². The van der Waals surface area contributed by atoms with E-state index in [0.29, 0.717) is 12.1 Å². The van der Waals surface area contributed by atoms with Gasteiger partial charge in [-0.3, -0.25) is 9.89 Å². The number of nitrogens with one attached hydrogen (secondary N) is 1. The summed E-state index contributed by atoms with van der Waals surface area (Å²) < 4.78 is 14.0. The minimum absolute atomic E-state index is 0.0279. The first kappa shape index (κ1) is 18.6. The molecule has 134 valence electrons. The molecule has 0 saturated carbocycles. The molecule has 0 aliphatic carbocycles. The Kier molecular flexibility index (Phi) is 6.03. The monoisotopic (exact) mass is 463 g/mol. The summed E-state index contributed by atoms with van der Waals surface area (Å²) in [5, 5.41) is 7.29. The van der Waals surface area contributed by atoms with Crippen molar-refractivity contribution in [3.63, 3.8) is 0 Å². The fraction of sp³-hybridized carbons (Fsp3) is 0.200. The van der Waals surface area contributed by atoms with E-state index in [4.69, 9.17) is 0 Å². The van der Waals surface area contributed by atoms with Gasteiger partial charge in [0.2, 0.25) is 0 Å². The summed E-state index contributed by atoms with van der Waals surface area (Å²) in [4.78, 5) is 14.2. The van der Waals surface area contributed by atoms with Gasteiger partial charge >= 0.3 is 0 Å². The molecule has 0 fully saturated rings. The number of carbonyl (C=O) groups is 1. The van der Waals surface area contributed by atoms with Gasteiger partial charge < -0.3 is 4.90 Å². The van der Waals surface area contributed by atoms with E-state index < -0.39 is 0 Å². The van der Waals surface area contributed by atoms with Crippen LogP contribution in [0.2, 0.25) is 0 Å². The summed E-state index contributed by atoms with van der Waals surface area (Å²) in [5.41, 5.74) is 3.38. The average Bonchev–Trinajstić information content (AvgIpc) is 3.10. The number of rotatable bonds is 6. The van der Waals surface area contributed by atoms with Crippen molar-refractivity contribution in [3.8, 4) is 11.3 Å². The highest BCUT2D eigenvalue weighted by molar-refractivity contribution is 14.1. The van der Waals surface area contributed by atoms with Crippen LogP contribution in [0.5, 0.6) is 0 Å². The van der Waals surface area contributed by atoms with Crippen molar-refractivity contribution in [2.45, 2.75) is 12.8 Å². The maximum Gasteiger partial charge on any atom is 0.253 e. The highest BCUT2D eigenvalue weighted by Gasteiger charge is 2.12. The largest absolute Gasteiger partial charge is 0.342 e. The van der Waals surface area contributed by atoms with Crippen molar-refractivity contribution in [1.29, 1.82) is 0 Å². The van der Waals surface area contributed by atoms with Crippen LogP contribution in [0, 0.1) is 9.39 Å². The van der Waals surface area contributed by atoms with Gasteiger partial charge in [0, 0.05) is 34.0 Å². The van der Waals surface area contributed by atoms with E-state index in [2.05, 4.69) is 32.8 Å². The van der Waals surface area contributed by atoms with Gasteiger partial charge in [-0.2, -0.15) is 5.10 Å². The minimum atomic E-state index is -0.259. The number of aromatic amines is 1. The Balaban J connectivity index is 1.53.